The molecule has 1 atom stereocenters. The van der Waals surface area contributed by atoms with Crippen LogP contribution >= 0.6 is 0 Å². The first-order valence-electron chi connectivity index (χ1n) is 12.7. The van der Waals surface area contributed by atoms with Crippen molar-refractivity contribution in [3.8, 4) is 23.3 Å². The van der Waals surface area contributed by atoms with Gasteiger partial charge in [0.2, 0.25) is 0 Å². The fraction of sp³-hybridized carbons (Fsp3) is 0.0714. The highest BCUT2D eigenvalue weighted by Crippen LogP contribution is 2.34. The molecule has 0 fully saturated rings. The minimum Gasteiger partial charge on any atom is -0.383 e. The van der Waals surface area contributed by atoms with Gasteiger partial charge in [0.15, 0.2) is 17.0 Å². The summed E-state index contributed by atoms with van der Waals surface area (Å²) in [4.78, 5) is 24.4. The van der Waals surface area contributed by atoms with Crippen LogP contribution in [0.4, 0.5) is 20.4 Å². The molecule has 6 heterocycles. The number of nitrogens with one attached hydrogen (secondary N) is 1. The van der Waals surface area contributed by atoms with Crippen LogP contribution in [0.3, 0.4) is 0 Å². The molecule has 7 aromatic rings. The Morgan fingerprint density at radius 2 is 1.68 bits per heavy atom. The molecular formula is C28H18F2N14. The Morgan fingerprint density at radius 3 is 2.43 bits per heavy atom. The quantitative estimate of drug-likeness (QED) is 0.269. The van der Waals surface area contributed by atoms with Crippen LogP contribution in [0.1, 0.15) is 30.0 Å². The fourth-order valence-electron chi connectivity index (χ4n) is 4.69. The van der Waals surface area contributed by atoms with Crippen molar-refractivity contribution in [2.24, 2.45) is 0 Å². The summed E-state index contributed by atoms with van der Waals surface area (Å²) in [5.74, 6) is -0.517. The van der Waals surface area contributed by atoms with Crippen molar-refractivity contribution in [3.63, 3.8) is 0 Å². The van der Waals surface area contributed by atoms with Gasteiger partial charge in [-0.15, -0.1) is 0 Å². The van der Waals surface area contributed by atoms with Crippen LogP contribution in [-0.4, -0.2) is 49.9 Å². The van der Waals surface area contributed by atoms with Gasteiger partial charge >= 0.3 is 0 Å². The zero-order valence-electron chi connectivity index (χ0n) is 22.6. The molecule has 1 aromatic carbocycles. The smallest absolute Gasteiger partial charge is 0.187 e. The minimum absolute atomic E-state index is 0.0850. The molecule has 14 nitrogen and oxygen atoms in total. The third-order valence-corrected chi connectivity index (χ3v) is 6.70. The number of anilines is 2. The van der Waals surface area contributed by atoms with Gasteiger partial charge in [-0.25, -0.2) is 38.4 Å². The summed E-state index contributed by atoms with van der Waals surface area (Å²) < 4.78 is 29.3. The Kier molecular flexibility index (Phi) is 6.84. The van der Waals surface area contributed by atoms with E-state index >= 15 is 0 Å². The van der Waals surface area contributed by atoms with Crippen molar-refractivity contribution >= 4 is 44.6 Å². The molecule has 214 valence electrons. The minimum atomic E-state index is -0.540. The van der Waals surface area contributed by atoms with E-state index in [0.717, 1.165) is 6.20 Å². The number of hydrogen-bond acceptors (Lipinski definition) is 12. The molecule has 7 rings (SSSR count). The third-order valence-electron chi connectivity index (χ3n) is 6.70. The zero-order chi connectivity index (χ0) is 31.0. The Morgan fingerprint density at radius 1 is 0.909 bits per heavy atom. The number of rotatable bonds is 3. The summed E-state index contributed by atoms with van der Waals surface area (Å²) in [5.41, 5.74) is 14.7. The van der Waals surface area contributed by atoms with E-state index in [1.165, 1.54) is 41.7 Å². The van der Waals surface area contributed by atoms with Crippen LogP contribution in [0, 0.1) is 34.3 Å². The molecule has 0 saturated carbocycles. The fourth-order valence-corrected chi connectivity index (χ4v) is 4.69. The summed E-state index contributed by atoms with van der Waals surface area (Å²) in [6, 6.07) is 10.7. The first kappa shape index (κ1) is 27.5. The van der Waals surface area contributed by atoms with Gasteiger partial charge in [0, 0.05) is 22.7 Å². The predicted octanol–water partition coefficient (Wildman–Crippen LogP) is 3.58. The topological polar surface area (TPSA) is 223 Å². The number of pyridine rings is 2. The monoisotopic (exact) mass is 588 g/mol. The maximum Gasteiger partial charge on any atom is 0.187 e. The number of halogens is 2. The van der Waals surface area contributed by atoms with E-state index in [0.29, 0.717) is 55.5 Å². The Labute approximate surface area is 245 Å². The van der Waals surface area contributed by atoms with Gasteiger partial charge in [-0.05, 0) is 37.3 Å². The van der Waals surface area contributed by atoms with E-state index in [1.54, 1.807) is 12.1 Å². The molecule has 16 heteroatoms. The second kappa shape index (κ2) is 11.0. The van der Waals surface area contributed by atoms with Crippen molar-refractivity contribution in [2.45, 2.75) is 13.0 Å². The Bertz CT molecular complexity index is 2300. The first-order valence-corrected chi connectivity index (χ1v) is 12.7. The van der Waals surface area contributed by atoms with Gasteiger partial charge in [-0.3, -0.25) is 10.1 Å². The highest BCUT2D eigenvalue weighted by Gasteiger charge is 2.24. The van der Waals surface area contributed by atoms with E-state index < -0.39 is 17.7 Å². The number of H-pyrrole nitrogens is 1. The lowest BCUT2D eigenvalue weighted by Gasteiger charge is -2.18. The zero-order valence-corrected chi connectivity index (χ0v) is 22.6. The largest absolute Gasteiger partial charge is 0.383 e. The molecule has 0 saturated heterocycles. The molecule has 0 radical (unpaired) electrons. The van der Waals surface area contributed by atoms with Gasteiger partial charge in [0.25, 0.3) is 0 Å². The molecule has 0 amide bonds. The maximum absolute atomic E-state index is 14.0. The van der Waals surface area contributed by atoms with E-state index in [9.17, 15) is 14.0 Å². The molecule has 6 aromatic heterocycles. The van der Waals surface area contributed by atoms with Crippen molar-refractivity contribution in [2.75, 3.05) is 11.5 Å². The SMILES string of the molecule is C[C@H](c1nc2ccc(F)cc2cc1-c1cncc(F)c1)n1nc(C#N)c2c(N)ncnc21.N#Cc1[nH]nc2ncnc(N)c12. The number of fused-ring (bicyclic) bond motifs is 3. The summed E-state index contributed by atoms with van der Waals surface area (Å²) in [6.07, 6.45) is 5.20. The number of nitriles is 2. The molecule has 44 heavy (non-hydrogen) atoms. The number of aromatic nitrogens is 10. The van der Waals surface area contributed by atoms with Crippen LogP contribution in [0.25, 0.3) is 44.1 Å². The number of nitrogens with zero attached hydrogens (tertiary/aromatic N) is 11. The molecule has 0 bridgehead atoms. The molecule has 0 aliphatic carbocycles. The lowest BCUT2D eigenvalue weighted by molar-refractivity contribution is 0.566. The van der Waals surface area contributed by atoms with Crippen molar-refractivity contribution in [3.05, 3.63) is 84.1 Å². The highest BCUT2D eigenvalue weighted by atomic mass is 19.1. The van der Waals surface area contributed by atoms with Gasteiger partial charge in [-0.1, -0.05) is 0 Å². The van der Waals surface area contributed by atoms with Crippen molar-refractivity contribution in [1.29, 1.82) is 10.5 Å². The van der Waals surface area contributed by atoms with Gasteiger partial charge in [-0.2, -0.15) is 20.7 Å². The van der Waals surface area contributed by atoms with Crippen LogP contribution in [0.5, 0.6) is 0 Å². The summed E-state index contributed by atoms with van der Waals surface area (Å²) in [7, 11) is 0. The summed E-state index contributed by atoms with van der Waals surface area (Å²) in [5, 5.41) is 30.2. The van der Waals surface area contributed by atoms with Gasteiger partial charge < -0.3 is 11.5 Å². The second-order valence-corrected chi connectivity index (χ2v) is 9.36. The first-order chi connectivity index (χ1) is 21.3. The third kappa shape index (κ3) is 4.78. The molecule has 5 N–H and O–H groups in total. The molecule has 0 aliphatic rings. The average Bonchev–Trinajstić information content (AvgIpc) is 3.63. The number of nitrogens with two attached hydrogens (primary N) is 2. The van der Waals surface area contributed by atoms with Gasteiger partial charge in [0.1, 0.15) is 53.8 Å². The Hall–Kier alpha value is -6.68. The normalized spacial score (nSPS) is 11.6. The van der Waals surface area contributed by atoms with Crippen LogP contribution < -0.4 is 11.5 Å². The van der Waals surface area contributed by atoms with Gasteiger partial charge in [0.05, 0.1) is 34.2 Å². The Balaban J connectivity index is 0.000000238. The number of nitrogen functional groups attached to an aromatic ring is 2. The van der Waals surface area contributed by atoms with Crippen LogP contribution in [0.15, 0.2) is 55.4 Å². The molecule has 0 unspecified atom stereocenters. The predicted molar refractivity (Wildman–Crippen MR) is 154 cm³/mol. The van der Waals surface area contributed by atoms with Crippen molar-refractivity contribution in [1.82, 2.24) is 49.9 Å². The molecule has 0 aliphatic heterocycles. The molecule has 0 spiro atoms. The number of benzene rings is 1. The molecular weight excluding hydrogens is 570 g/mol. The van der Waals surface area contributed by atoms with Crippen LogP contribution in [-0.2, 0) is 0 Å². The standard InChI is InChI=1S/C22H14F2N8.C6H4N6/c1-11(32-22-19(18(7-25)31-32)21(26)28-10-29-22)20-16(13-5-15(24)9-27-8-13)6-12-4-14(23)2-3-17(12)30-20;7-1-3-4-5(8)9-2-10-6(4)12-11-3/h2-6,8-11H,1H3,(H2,26,28,29);2H,(H3,8,9,10,11,12)/t11-;/m1./s1. The lowest BCUT2D eigenvalue weighted by Crippen LogP contribution is -2.13. The second-order valence-electron chi connectivity index (χ2n) is 9.36. The number of aromatic amines is 1. The van der Waals surface area contributed by atoms with Crippen LogP contribution in [0.2, 0.25) is 0 Å². The highest BCUT2D eigenvalue weighted by molar-refractivity contribution is 5.91. The van der Waals surface area contributed by atoms with E-state index in [1.807, 2.05) is 19.1 Å². The number of hydrogen-bond donors (Lipinski definition) is 3. The average molecular weight is 589 g/mol. The van der Waals surface area contributed by atoms with E-state index in [2.05, 4.69) is 40.2 Å². The van der Waals surface area contributed by atoms with E-state index in [-0.39, 0.29) is 17.3 Å². The summed E-state index contributed by atoms with van der Waals surface area (Å²) >= 11 is 0. The van der Waals surface area contributed by atoms with E-state index in [4.69, 9.17) is 21.7 Å². The lowest BCUT2D eigenvalue weighted by atomic mass is 9.99. The van der Waals surface area contributed by atoms with Crippen molar-refractivity contribution < 1.29 is 8.78 Å². The summed E-state index contributed by atoms with van der Waals surface area (Å²) in [6.45, 7) is 1.82. The maximum atomic E-state index is 14.0.